The summed E-state index contributed by atoms with van der Waals surface area (Å²) in [6, 6.07) is 8.87. The van der Waals surface area contributed by atoms with Crippen LogP contribution in [0.5, 0.6) is 11.5 Å². The average molecular weight is 305 g/mol. The second-order valence-corrected chi connectivity index (χ2v) is 5.23. The highest BCUT2D eigenvalue weighted by Crippen LogP contribution is 2.36. The van der Waals surface area contributed by atoms with Crippen LogP contribution in [-0.4, -0.2) is 20.0 Å². The van der Waals surface area contributed by atoms with Gasteiger partial charge in [-0.05, 0) is 43.2 Å². The molecule has 0 saturated heterocycles. The number of carbonyl (C=O) groups is 1. The van der Waals surface area contributed by atoms with Crippen LogP contribution in [0.15, 0.2) is 30.3 Å². The minimum atomic E-state index is -0.0963. The molecule has 2 aromatic carbocycles. The number of rotatable bonds is 4. The lowest BCUT2D eigenvalue weighted by atomic mass is 9.99. The average Bonchev–Trinajstić information content (AvgIpc) is 2.48. The number of halogens is 1. The lowest BCUT2D eigenvalue weighted by Crippen LogP contribution is -2.04. The Kier molecular flexibility index (Phi) is 4.53. The standard InChI is InChI=1S/C17H17ClO3/c1-10-5-6-12(7-11(10)2)16(19)13-8-14(18)17(21-4)15(9-13)20-3/h5-9H,1-4H3. The van der Waals surface area contributed by atoms with Crippen LogP contribution in [0.2, 0.25) is 5.02 Å². The van der Waals surface area contributed by atoms with Crippen molar-refractivity contribution in [2.24, 2.45) is 0 Å². The van der Waals surface area contributed by atoms with Gasteiger partial charge in [-0.15, -0.1) is 0 Å². The first kappa shape index (κ1) is 15.4. The molecule has 0 heterocycles. The van der Waals surface area contributed by atoms with Crippen LogP contribution in [0.25, 0.3) is 0 Å². The number of methoxy groups -OCH3 is 2. The quantitative estimate of drug-likeness (QED) is 0.794. The van der Waals surface area contributed by atoms with Crippen molar-refractivity contribution in [2.45, 2.75) is 13.8 Å². The van der Waals surface area contributed by atoms with Crippen molar-refractivity contribution in [2.75, 3.05) is 14.2 Å². The van der Waals surface area contributed by atoms with E-state index in [0.29, 0.717) is 27.6 Å². The number of hydrogen-bond acceptors (Lipinski definition) is 3. The van der Waals surface area contributed by atoms with Crippen LogP contribution in [0.1, 0.15) is 27.0 Å². The van der Waals surface area contributed by atoms with Gasteiger partial charge in [-0.1, -0.05) is 23.7 Å². The third-order valence-electron chi connectivity index (χ3n) is 3.46. The van der Waals surface area contributed by atoms with E-state index in [2.05, 4.69) is 0 Å². The highest BCUT2D eigenvalue weighted by molar-refractivity contribution is 6.33. The van der Waals surface area contributed by atoms with Gasteiger partial charge in [0.1, 0.15) is 0 Å². The van der Waals surface area contributed by atoms with E-state index >= 15 is 0 Å². The molecular weight excluding hydrogens is 288 g/mol. The summed E-state index contributed by atoms with van der Waals surface area (Å²) in [5.41, 5.74) is 3.33. The second-order valence-electron chi connectivity index (χ2n) is 4.82. The predicted octanol–water partition coefficient (Wildman–Crippen LogP) is 4.21. The van der Waals surface area contributed by atoms with Gasteiger partial charge in [0, 0.05) is 11.1 Å². The van der Waals surface area contributed by atoms with Crippen LogP contribution in [0.3, 0.4) is 0 Å². The van der Waals surface area contributed by atoms with Crippen molar-refractivity contribution in [3.8, 4) is 11.5 Å². The zero-order chi connectivity index (χ0) is 15.6. The van der Waals surface area contributed by atoms with Gasteiger partial charge in [0.2, 0.25) is 0 Å². The zero-order valence-corrected chi connectivity index (χ0v) is 13.2. The van der Waals surface area contributed by atoms with E-state index < -0.39 is 0 Å². The molecule has 110 valence electrons. The van der Waals surface area contributed by atoms with Crippen molar-refractivity contribution in [1.29, 1.82) is 0 Å². The zero-order valence-electron chi connectivity index (χ0n) is 12.5. The Balaban J connectivity index is 2.48. The SMILES string of the molecule is COc1cc(C(=O)c2ccc(C)c(C)c2)cc(Cl)c1OC. The fourth-order valence-electron chi connectivity index (χ4n) is 2.10. The Morgan fingerprint density at radius 1 is 0.952 bits per heavy atom. The van der Waals surface area contributed by atoms with Gasteiger partial charge in [-0.3, -0.25) is 4.79 Å². The molecule has 2 aromatic rings. The third kappa shape index (κ3) is 3.03. The van der Waals surface area contributed by atoms with E-state index in [-0.39, 0.29) is 5.78 Å². The van der Waals surface area contributed by atoms with Gasteiger partial charge in [-0.25, -0.2) is 0 Å². The maximum absolute atomic E-state index is 12.6. The molecule has 0 saturated carbocycles. The van der Waals surface area contributed by atoms with Crippen LogP contribution >= 0.6 is 11.6 Å². The molecule has 0 bridgehead atoms. The topological polar surface area (TPSA) is 35.5 Å². The summed E-state index contributed by atoms with van der Waals surface area (Å²) in [6.45, 7) is 3.99. The Labute approximate surface area is 129 Å². The summed E-state index contributed by atoms with van der Waals surface area (Å²) in [5.74, 6) is 0.772. The first-order chi connectivity index (χ1) is 9.97. The van der Waals surface area contributed by atoms with E-state index in [0.717, 1.165) is 11.1 Å². The van der Waals surface area contributed by atoms with E-state index in [1.165, 1.54) is 14.2 Å². The third-order valence-corrected chi connectivity index (χ3v) is 3.75. The molecule has 0 radical (unpaired) electrons. The minimum Gasteiger partial charge on any atom is -0.493 e. The lowest BCUT2D eigenvalue weighted by molar-refractivity contribution is 0.103. The fourth-order valence-corrected chi connectivity index (χ4v) is 2.39. The molecule has 0 aliphatic rings. The number of carbonyl (C=O) groups excluding carboxylic acids is 1. The van der Waals surface area contributed by atoms with Gasteiger partial charge < -0.3 is 9.47 Å². The van der Waals surface area contributed by atoms with Gasteiger partial charge in [0.05, 0.1) is 19.2 Å². The van der Waals surface area contributed by atoms with Crippen LogP contribution in [0, 0.1) is 13.8 Å². The minimum absolute atomic E-state index is 0.0963. The first-order valence-corrected chi connectivity index (χ1v) is 6.89. The highest BCUT2D eigenvalue weighted by atomic mass is 35.5. The molecule has 3 nitrogen and oxygen atoms in total. The van der Waals surface area contributed by atoms with Crippen molar-refractivity contribution >= 4 is 17.4 Å². The van der Waals surface area contributed by atoms with Gasteiger partial charge >= 0.3 is 0 Å². The molecule has 0 amide bonds. The number of ether oxygens (including phenoxy) is 2. The van der Waals surface area contributed by atoms with Crippen molar-refractivity contribution < 1.29 is 14.3 Å². The fraction of sp³-hybridized carbons (Fsp3) is 0.235. The Bertz CT molecular complexity index is 693. The van der Waals surface area contributed by atoms with E-state index in [1.807, 2.05) is 32.0 Å². The summed E-state index contributed by atoms with van der Waals surface area (Å²) in [4.78, 5) is 12.6. The molecule has 0 atom stereocenters. The van der Waals surface area contributed by atoms with Gasteiger partial charge in [0.25, 0.3) is 0 Å². The molecule has 0 aromatic heterocycles. The number of aryl methyl sites for hydroxylation is 2. The number of benzene rings is 2. The van der Waals surface area contributed by atoms with Crippen molar-refractivity contribution in [3.05, 3.63) is 57.6 Å². The molecule has 0 spiro atoms. The first-order valence-electron chi connectivity index (χ1n) is 6.51. The number of ketones is 1. The molecule has 0 aliphatic carbocycles. The Morgan fingerprint density at radius 3 is 2.24 bits per heavy atom. The Morgan fingerprint density at radius 2 is 1.67 bits per heavy atom. The Hall–Kier alpha value is -2.00. The molecule has 2 rings (SSSR count). The van der Waals surface area contributed by atoms with Crippen LogP contribution < -0.4 is 9.47 Å². The molecule has 0 aliphatic heterocycles. The molecule has 4 heteroatoms. The maximum Gasteiger partial charge on any atom is 0.193 e. The monoisotopic (exact) mass is 304 g/mol. The van der Waals surface area contributed by atoms with Gasteiger partial charge in [-0.2, -0.15) is 0 Å². The lowest BCUT2D eigenvalue weighted by Gasteiger charge is -2.11. The smallest absolute Gasteiger partial charge is 0.193 e. The summed E-state index contributed by atoms with van der Waals surface area (Å²) in [7, 11) is 3.02. The van der Waals surface area contributed by atoms with E-state index in [9.17, 15) is 4.79 Å². The van der Waals surface area contributed by atoms with Crippen LogP contribution in [-0.2, 0) is 0 Å². The molecule has 0 N–H and O–H groups in total. The molecule has 21 heavy (non-hydrogen) atoms. The van der Waals surface area contributed by atoms with E-state index in [1.54, 1.807) is 12.1 Å². The van der Waals surface area contributed by atoms with Gasteiger partial charge in [0.15, 0.2) is 17.3 Å². The van der Waals surface area contributed by atoms with Crippen molar-refractivity contribution in [1.82, 2.24) is 0 Å². The summed E-state index contributed by atoms with van der Waals surface area (Å²) in [5, 5.41) is 0.351. The van der Waals surface area contributed by atoms with Crippen LogP contribution in [0.4, 0.5) is 0 Å². The normalized spacial score (nSPS) is 10.3. The highest BCUT2D eigenvalue weighted by Gasteiger charge is 2.16. The summed E-state index contributed by atoms with van der Waals surface area (Å²) >= 11 is 6.14. The maximum atomic E-state index is 12.6. The predicted molar refractivity (Wildman–Crippen MR) is 83.9 cm³/mol. The molecule has 0 unspecified atom stereocenters. The largest absolute Gasteiger partial charge is 0.493 e. The number of hydrogen-bond donors (Lipinski definition) is 0. The summed E-state index contributed by atoms with van der Waals surface area (Å²) in [6.07, 6.45) is 0. The summed E-state index contributed by atoms with van der Waals surface area (Å²) < 4.78 is 10.4. The van der Waals surface area contributed by atoms with Crippen molar-refractivity contribution in [3.63, 3.8) is 0 Å². The molecule has 0 fully saturated rings. The van der Waals surface area contributed by atoms with E-state index in [4.69, 9.17) is 21.1 Å². The molecular formula is C17H17ClO3. The second kappa shape index (κ2) is 6.19.